The summed E-state index contributed by atoms with van der Waals surface area (Å²) in [4.78, 5) is 20.1. The summed E-state index contributed by atoms with van der Waals surface area (Å²) >= 11 is 0. The molecule has 1 aromatic carbocycles. The van der Waals surface area contributed by atoms with E-state index in [4.69, 9.17) is 4.74 Å². The van der Waals surface area contributed by atoms with E-state index in [2.05, 4.69) is 20.6 Å². The van der Waals surface area contributed by atoms with Crippen LogP contribution in [0.3, 0.4) is 0 Å². The molecule has 0 bridgehead atoms. The van der Waals surface area contributed by atoms with Crippen molar-refractivity contribution in [3.63, 3.8) is 0 Å². The Morgan fingerprint density at radius 1 is 1.13 bits per heavy atom. The van der Waals surface area contributed by atoms with Gasteiger partial charge in [-0.15, -0.1) is 0 Å². The highest BCUT2D eigenvalue weighted by atomic mass is 16.6. The summed E-state index contributed by atoms with van der Waals surface area (Å²) in [6, 6.07) is 11.8. The first-order chi connectivity index (χ1) is 10.9. The van der Waals surface area contributed by atoms with E-state index in [9.17, 15) is 4.79 Å². The molecule has 0 atom stereocenters. The first kappa shape index (κ1) is 16.7. The smallest absolute Gasteiger partial charge is 0.407 e. The van der Waals surface area contributed by atoms with Crippen LogP contribution in [0.4, 0.5) is 10.7 Å². The lowest BCUT2D eigenvalue weighted by atomic mass is 10.1. The molecule has 6 nitrogen and oxygen atoms in total. The predicted molar refractivity (Wildman–Crippen MR) is 90.2 cm³/mol. The number of alkyl carbamates (subject to hydrolysis) is 1. The summed E-state index contributed by atoms with van der Waals surface area (Å²) in [6.45, 7) is 6.42. The quantitative estimate of drug-likeness (QED) is 0.829. The molecule has 0 fully saturated rings. The number of hydrogen-bond donors (Lipinski definition) is 2. The Kier molecular flexibility index (Phi) is 5.51. The van der Waals surface area contributed by atoms with Gasteiger partial charge in [-0.1, -0.05) is 30.3 Å². The fourth-order valence-electron chi connectivity index (χ4n) is 1.87. The van der Waals surface area contributed by atoms with Gasteiger partial charge in [-0.25, -0.2) is 14.8 Å². The molecular formula is C17H22N4O2. The Morgan fingerprint density at radius 2 is 1.87 bits per heavy atom. The fourth-order valence-corrected chi connectivity index (χ4v) is 1.87. The SMILES string of the molecule is CC(C)(C)OC(=O)NCCNc1nccc(-c2ccccc2)n1. The van der Waals surface area contributed by atoms with Crippen LogP contribution in [0.2, 0.25) is 0 Å². The van der Waals surface area contributed by atoms with Gasteiger partial charge in [-0.2, -0.15) is 0 Å². The number of aromatic nitrogens is 2. The monoisotopic (exact) mass is 314 g/mol. The molecule has 0 radical (unpaired) electrons. The molecule has 122 valence electrons. The fraction of sp³-hybridized carbons (Fsp3) is 0.353. The molecule has 1 heterocycles. The van der Waals surface area contributed by atoms with E-state index >= 15 is 0 Å². The minimum absolute atomic E-state index is 0.424. The van der Waals surface area contributed by atoms with E-state index in [0.29, 0.717) is 19.0 Å². The number of carbonyl (C=O) groups excluding carboxylic acids is 1. The molecular weight excluding hydrogens is 292 g/mol. The number of carbonyl (C=O) groups is 1. The van der Waals surface area contributed by atoms with E-state index in [1.54, 1.807) is 6.20 Å². The summed E-state index contributed by atoms with van der Waals surface area (Å²) in [5.74, 6) is 0.525. The summed E-state index contributed by atoms with van der Waals surface area (Å²) in [6.07, 6.45) is 1.28. The molecule has 1 amide bonds. The highest BCUT2D eigenvalue weighted by Gasteiger charge is 2.15. The molecule has 2 N–H and O–H groups in total. The molecule has 6 heteroatoms. The summed E-state index contributed by atoms with van der Waals surface area (Å²) in [5.41, 5.74) is 1.39. The van der Waals surface area contributed by atoms with Crippen LogP contribution in [-0.2, 0) is 4.74 Å². The Morgan fingerprint density at radius 3 is 2.57 bits per heavy atom. The molecule has 0 aliphatic heterocycles. The van der Waals surface area contributed by atoms with Gasteiger partial charge in [0.2, 0.25) is 5.95 Å². The molecule has 0 saturated carbocycles. The second kappa shape index (κ2) is 7.58. The summed E-state index contributed by atoms with van der Waals surface area (Å²) in [7, 11) is 0. The molecule has 0 saturated heterocycles. The lowest BCUT2D eigenvalue weighted by molar-refractivity contribution is 0.0530. The van der Waals surface area contributed by atoms with Crippen LogP contribution in [-0.4, -0.2) is 34.8 Å². The van der Waals surface area contributed by atoms with Crippen molar-refractivity contribution in [2.24, 2.45) is 0 Å². The third-order valence-electron chi connectivity index (χ3n) is 2.80. The number of rotatable bonds is 5. The van der Waals surface area contributed by atoms with Crippen molar-refractivity contribution >= 4 is 12.0 Å². The topological polar surface area (TPSA) is 76.1 Å². The molecule has 2 aromatic rings. The average Bonchev–Trinajstić information content (AvgIpc) is 2.51. The van der Waals surface area contributed by atoms with Gasteiger partial charge in [0.15, 0.2) is 0 Å². The van der Waals surface area contributed by atoms with Gasteiger partial charge < -0.3 is 15.4 Å². The number of ether oxygens (including phenoxy) is 1. The van der Waals surface area contributed by atoms with Crippen LogP contribution in [0.1, 0.15) is 20.8 Å². The van der Waals surface area contributed by atoms with Gasteiger partial charge in [-0.05, 0) is 26.8 Å². The lowest BCUT2D eigenvalue weighted by Gasteiger charge is -2.19. The molecule has 1 aromatic heterocycles. The number of hydrogen-bond acceptors (Lipinski definition) is 5. The van der Waals surface area contributed by atoms with Crippen molar-refractivity contribution in [3.8, 4) is 11.3 Å². The van der Waals surface area contributed by atoms with E-state index in [1.807, 2.05) is 57.2 Å². The van der Waals surface area contributed by atoms with E-state index in [-0.39, 0.29) is 0 Å². The normalized spacial score (nSPS) is 10.9. The van der Waals surface area contributed by atoms with E-state index < -0.39 is 11.7 Å². The molecule has 23 heavy (non-hydrogen) atoms. The summed E-state index contributed by atoms with van der Waals surface area (Å²) in [5, 5.41) is 5.76. The standard InChI is InChI=1S/C17H22N4O2/c1-17(2,3)23-16(22)20-12-11-19-15-18-10-9-14(21-15)13-7-5-4-6-8-13/h4-10H,11-12H2,1-3H3,(H,20,22)(H,18,19,21). The van der Waals surface area contributed by atoms with E-state index in [1.165, 1.54) is 0 Å². The number of nitrogens with one attached hydrogen (secondary N) is 2. The van der Waals surface area contributed by atoms with Crippen molar-refractivity contribution < 1.29 is 9.53 Å². The van der Waals surface area contributed by atoms with Gasteiger partial charge in [0, 0.05) is 24.8 Å². The van der Waals surface area contributed by atoms with Crippen LogP contribution in [0.25, 0.3) is 11.3 Å². The van der Waals surface area contributed by atoms with E-state index in [0.717, 1.165) is 11.3 Å². The maximum Gasteiger partial charge on any atom is 0.407 e. The largest absolute Gasteiger partial charge is 0.444 e. The van der Waals surface area contributed by atoms with Crippen LogP contribution >= 0.6 is 0 Å². The molecule has 0 unspecified atom stereocenters. The van der Waals surface area contributed by atoms with Crippen LogP contribution in [0, 0.1) is 0 Å². The van der Waals surface area contributed by atoms with Gasteiger partial charge in [0.05, 0.1) is 5.69 Å². The molecule has 0 spiro atoms. The van der Waals surface area contributed by atoms with Crippen LogP contribution < -0.4 is 10.6 Å². The average molecular weight is 314 g/mol. The predicted octanol–water partition coefficient (Wildman–Crippen LogP) is 3.08. The van der Waals surface area contributed by atoms with Gasteiger partial charge in [0.1, 0.15) is 5.60 Å². The Bertz CT molecular complexity index is 639. The highest BCUT2D eigenvalue weighted by molar-refractivity contribution is 5.67. The van der Waals surface area contributed by atoms with Crippen molar-refractivity contribution in [1.29, 1.82) is 0 Å². The minimum atomic E-state index is -0.495. The maximum absolute atomic E-state index is 11.5. The maximum atomic E-state index is 11.5. The second-order valence-electron chi connectivity index (χ2n) is 5.99. The minimum Gasteiger partial charge on any atom is -0.444 e. The van der Waals surface area contributed by atoms with Crippen molar-refractivity contribution in [1.82, 2.24) is 15.3 Å². The number of anilines is 1. The third-order valence-corrected chi connectivity index (χ3v) is 2.80. The van der Waals surface area contributed by atoms with Crippen molar-refractivity contribution in [3.05, 3.63) is 42.6 Å². The number of benzene rings is 1. The first-order valence-electron chi connectivity index (χ1n) is 7.53. The van der Waals surface area contributed by atoms with Crippen molar-refractivity contribution in [2.45, 2.75) is 26.4 Å². The first-order valence-corrected chi connectivity index (χ1v) is 7.53. The van der Waals surface area contributed by atoms with Crippen molar-refractivity contribution in [2.75, 3.05) is 18.4 Å². The molecule has 2 rings (SSSR count). The lowest BCUT2D eigenvalue weighted by Crippen LogP contribution is -2.35. The molecule has 0 aliphatic carbocycles. The van der Waals surface area contributed by atoms with Gasteiger partial charge in [-0.3, -0.25) is 0 Å². The van der Waals surface area contributed by atoms with Gasteiger partial charge in [0.25, 0.3) is 0 Å². The zero-order chi connectivity index (χ0) is 16.7. The van der Waals surface area contributed by atoms with Crippen LogP contribution in [0.5, 0.6) is 0 Å². The molecule has 0 aliphatic rings. The van der Waals surface area contributed by atoms with Crippen LogP contribution in [0.15, 0.2) is 42.6 Å². The highest BCUT2D eigenvalue weighted by Crippen LogP contribution is 2.16. The summed E-state index contributed by atoms with van der Waals surface area (Å²) < 4.78 is 5.16. The number of amides is 1. The second-order valence-corrected chi connectivity index (χ2v) is 5.99. The zero-order valence-corrected chi connectivity index (χ0v) is 13.7. The van der Waals surface area contributed by atoms with Gasteiger partial charge >= 0.3 is 6.09 Å². The number of nitrogens with zero attached hydrogens (tertiary/aromatic N) is 2. The Balaban J connectivity index is 1.82. The third kappa shape index (κ3) is 5.94. The Labute approximate surface area is 136 Å². The Hall–Kier alpha value is -2.63. The zero-order valence-electron chi connectivity index (χ0n) is 13.7.